The zero-order valence-corrected chi connectivity index (χ0v) is 18.2. The molecule has 0 saturated carbocycles. The minimum atomic E-state index is -4.39. The Morgan fingerprint density at radius 2 is 1.68 bits per heavy atom. The van der Waals surface area contributed by atoms with Crippen LogP contribution >= 0.6 is 0 Å². The summed E-state index contributed by atoms with van der Waals surface area (Å²) in [6.07, 6.45) is 5.65. The van der Waals surface area contributed by atoms with Gasteiger partial charge in [0.15, 0.2) is 11.5 Å². The average molecular weight is 437 g/mol. The molecule has 0 atom stereocenters. The molecule has 0 aliphatic heterocycles. The number of benzene rings is 2. The molecule has 0 bridgehead atoms. The summed E-state index contributed by atoms with van der Waals surface area (Å²) in [5, 5.41) is 4.02. The molecule has 2 aromatic rings. The van der Waals surface area contributed by atoms with Gasteiger partial charge in [0, 0.05) is 0 Å². The predicted octanol–water partition coefficient (Wildman–Crippen LogP) is 7.29. The van der Waals surface area contributed by atoms with Crippen LogP contribution in [0.3, 0.4) is 0 Å². The molecule has 170 valence electrons. The number of anilines is 1. The lowest BCUT2D eigenvalue weighted by molar-refractivity contribution is -0.137. The van der Waals surface area contributed by atoms with E-state index in [1.807, 2.05) is 12.1 Å². The first kappa shape index (κ1) is 24.6. The van der Waals surface area contributed by atoms with Crippen molar-refractivity contribution in [2.75, 3.05) is 19.1 Å². The quantitative estimate of drug-likeness (QED) is 0.204. The average Bonchev–Trinajstić information content (AvgIpc) is 2.76. The Morgan fingerprint density at radius 1 is 0.935 bits per heavy atom. The monoisotopic (exact) mass is 436 g/mol. The van der Waals surface area contributed by atoms with E-state index in [9.17, 15) is 13.2 Å². The number of hydrogen-bond acceptors (Lipinski definition) is 4. The van der Waals surface area contributed by atoms with E-state index in [-0.39, 0.29) is 5.69 Å². The van der Waals surface area contributed by atoms with E-state index in [2.05, 4.69) is 17.5 Å². The number of hydrogen-bond donors (Lipinski definition) is 1. The maximum atomic E-state index is 12.8. The zero-order valence-electron chi connectivity index (χ0n) is 18.2. The molecule has 2 aromatic carbocycles. The lowest BCUT2D eigenvalue weighted by Crippen LogP contribution is -2.05. The van der Waals surface area contributed by atoms with Gasteiger partial charge in [-0.25, -0.2) is 0 Å². The summed E-state index contributed by atoms with van der Waals surface area (Å²) in [4.78, 5) is 0. The molecule has 2 rings (SSSR count). The van der Waals surface area contributed by atoms with Gasteiger partial charge in [0.1, 0.15) is 0 Å². The van der Waals surface area contributed by atoms with Crippen molar-refractivity contribution in [3.05, 3.63) is 53.6 Å². The second-order valence-corrected chi connectivity index (χ2v) is 7.33. The molecule has 31 heavy (non-hydrogen) atoms. The van der Waals surface area contributed by atoms with E-state index < -0.39 is 11.7 Å². The van der Waals surface area contributed by atoms with Gasteiger partial charge in [-0.2, -0.15) is 18.3 Å². The van der Waals surface area contributed by atoms with Crippen molar-refractivity contribution in [1.29, 1.82) is 0 Å². The van der Waals surface area contributed by atoms with Crippen molar-refractivity contribution in [2.45, 2.75) is 58.0 Å². The van der Waals surface area contributed by atoms with Gasteiger partial charge in [0.25, 0.3) is 0 Å². The summed E-state index contributed by atoms with van der Waals surface area (Å²) in [6, 6.07) is 10.3. The highest BCUT2D eigenvalue weighted by Gasteiger charge is 2.30. The van der Waals surface area contributed by atoms with Crippen molar-refractivity contribution < 1.29 is 22.6 Å². The molecule has 1 N–H and O–H groups in total. The van der Waals surface area contributed by atoms with E-state index in [1.54, 1.807) is 13.2 Å². The van der Waals surface area contributed by atoms with E-state index >= 15 is 0 Å². The maximum Gasteiger partial charge on any atom is 0.416 e. The molecule has 0 fully saturated rings. The molecule has 0 heterocycles. The summed E-state index contributed by atoms with van der Waals surface area (Å²) in [7, 11) is 1.57. The van der Waals surface area contributed by atoms with Crippen LogP contribution in [0, 0.1) is 0 Å². The van der Waals surface area contributed by atoms with Gasteiger partial charge in [-0.15, -0.1) is 0 Å². The van der Waals surface area contributed by atoms with E-state index in [4.69, 9.17) is 9.47 Å². The topological polar surface area (TPSA) is 42.8 Å². The van der Waals surface area contributed by atoms with Gasteiger partial charge >= 0.3 is 6.18 Å². The Kier molecular flexibility index (Phi) is 10.2. The van der Waals surface area contributed by atoms with Gasteiger partial charge in [-0.1, -0.05) is 51.5 Å². The predicted molar refractivity (Wildman–Crippen MR) is 119 cm³/mol. The Morgan fingerprint density at radius 3 is 2.39 bits per heavy atom. The van der Waals surface area contributed by atoms with Gasteiger partial charge < -0.3 is 9.47 Å². The third kappa shape index (κ3) is 8.90. The highest BCUT2D eigenvalue weighted by molar-refractivity contribution is 5.81. The van der Waals surface area contributed by atoms with Gasteiger partial charge in [-0.05, 0) is 48.4 Å². The molecular weight excluding hydrogens is 405 g/mol. The summed E-state index contributed by atoms with van der Waals surface area (Å²) in [6.45, 7) is 2.85. The summed E-state index contributed by atoms with van der Waals surface area (Å²) >= 11 is 0. The number of hydrazone groups is 1. The van der Waals surface area contributed by atoms with E-state index in [0.717, 1.165) is 30.5 Å². The molecule has 0 aliphatic carbocycles. The second kappa shape index (κ2) is 12.9. The Labute approximate surface area is 182 Å². The van der Waals surface area contributed by atoms with Crippen LogP contribution in [-0.4, -0.2) is 19.9 Å². The molecule has 7 heteroatoms. The summed E-state index contributed by atoms with van der Waals surface area (Å²) in [5.74, 6) is 1.25. The van der Waals surface area contributed by atoms with Gasteiger partial charge in [0.2, 0.25) is 0 Å². The van der Waals surface area contributed by atoms with Crippen molar-refractivity contribution in [3.63, 3.8) is 0 Å². The molecule has 0 spiro atoms. The summed E-state index contributed by atoms with van der Waals surface area (Å²) < 4.78 is 49.6. The van der Waals surface area contributed by atoms with Crippen LogP contribution in [0.5, 0.6) is 11.5 Å². The van der Waals surface area contributed by atoms with Crippen LogP contribution in [0.25, 0.3) is 0 Å². The van der Waals surface area contributed by atoms with E-state index in [0.29, 0.717) is 18.1 Å². The number of halogens is 3. The lowest BCUT2D eigenvalue weighted by Gasteiger charge is -2.11. The molecule has 0 saturated heterocycles. The number of methoxy groups -OCH3 is 1. The van der Waals surface area contributed by atoms with E-state index in [1.165, 1.54) is 50.5 Å². The lowest BCUT2D eigenvalue weighted by atomic mass is 10.1. The van der Waals surface area contributed by atoms with Crippen molar-refractivity contribution >= 4 is 11.9 Å². The Bertz CT molecular complexity index is 823. The first-order valence-electron chi connectivity index (χ1n) is 10.7. The Hall–Kier alpha value is -2.70. The molecule has 0 radical (unpaired) electrons. The third-order valence-corrected chi connectivity index (χ3v) is 4.79. The summed E-state index contributed by atoms with van der Waals surface area (Å²) in [5.41, 5.74) is 2.89. The second-order valence-electron chi connectivity index (χ2n) is 7.33. The van der Waals surface area contributed by atoms with Gasteiger partial charge in [-0.3, -0.25) is 5.43 Å². The largest absolute Gasteiger partial charge is 0.493 e. The van der Waals surface area contributed by atoms with Crippen molar-refractivity contribution in [1.82, 2.24) is 0 Å². The number of alkyl halides is 3. The molecule has 0 aromatic heterocycles. The number of nitrogens with zero attached hydrogens (tertiary/aromatic N) is 1. The zero-order chi connectivity index (χ0) is 22.5. The van der Waals surface area contributed by atoms with Crippen LogP contribution in [0.1, 0.15) is 63.0 Å². The first-order valence-corrected chi connectivity index (χ1v) is 10.7. The molecular formula is C24H31F3N2O2. The fourth-order valence-electron chi connectivity index (χ4n) is 3.07. The number of unbranched alkanes of at least 4 members (excludes halogenated alkanes) is 6. The fraction of sp³-hybridized carbons (Fsp3) is 0.458. The maximum absolute atomic E-state index is 12.8. The van der Waals surface area contributed by atoms with Crippen molar-refractivity contribution in [3.8, 4) is 11.5 Å². The smallest absolute Gasteiger partial charge is 0.416 e. The van der Waals surface area contributed by atoms with Crippen LogP contribution < -0.4 is 14.9 Å². The number of rotatable bonds is 13. The molecule has 0 unspecified atom stereocenters. The normalized spacial score (nSPS) is 11.6. The molecule has 0 amide bonds. The van der Waals surface area contributed by atoms with Crippen LogP contribution in [0.4, 0.5) is 18.9 Å². The Balaban J connectivity index is 1.84. The minimum absolute atomic E-state index is 0.257. The van der Waals surface area contributed by atoms with Crippen molar-refractivity contribution in [2.24, 2.45) is 5.10 Å². The minimum Gasteiger partial charge on any atom is -0.493 e. The van der Waals surface area contributed by atoms with Crippen LogP contribution in [0.2, 0.25) is 0 Å². The first-order chi connectivity index (χ1) is 14.9. The number of nitrogens with one attached hydrogen (secondary N) is 1. The third-order valence-electron chi connectivity index (χ3n) is 4.79. The fourth-order valence-corrected chi connectivity index (χ4v) is 3.07. The highest BCUT2D eigenvalue weighted by atomic mass is 19.4. The van der Waals surface area contributed by atoms with Crippen LogP contribution in [0.15, 0.2) is 47.6 Å². The van der Waals surface area contributed by atoms with Gasteiger partial charge in [0.05, 0.1) is 31.2 Å². The number of ether oxygens (including phenoxy) is 2. The standard InChI is InChI=1S/C24H31F3N2O2/c1-3-4-5-6-7-8-9-15-31-22-14-13-19(16-23(22)30-2)18-28-29-21-12-10-11-20(17-21)24(25,26)27/h10-14,16-18,29H,3-9,15H2,1-2H3. The molecule has 4 nitrogen and oxygen atoms in total. The SMILES string of the molecule is CCCCCCCCCOc1ccc(C=NNc2cccc(C(F)(F)F)c2)cc1OC. The van der Waals surface area contributed by atoms with Crippen LogP contribution in [-0.2, 0) is 6.18 Å². The highest BCUT2D eigenvalue weighted by Crippen LogP contribution is 2.31. The molecule has 0 aliphatic rings.